The van der Waals surface area contributed by atoms with E-state index < -0.39 is 71.8 Å². The number of esters is 1. The molecule has 4 rings (SSSR count). The Morgan fingerprint density at radius 3 is 2.16 bits per heavy atom. The summed E-state index contributed by atoms with van der Waals surface area (Å²) >= 11 is 13.9. The molecule has 45 heavy (non-hydrogen) atoms. The first-order valence-corrected chi connectivity index (χ1v) is 15.8. The quantitative estimate of drug-likeness (QED) is 0.0927. The maximum Gasteiger partial charge on any atom is 0.433 e. The fourth-order valence-electron chi connectivity index (χ4n) is 5.37. The van der Waals surface area contributed by atoms with E-state index in [1.54, 1.807) is 13.2 Å². The molecule has 1 fully saturated rings. The van der Waals surface area contributed by atoms with Crippen molar-refractivity contribution in [3.8, 4) is 0 Å². The van der Waals surface area contributed by atoms with Gasteiger partial charge in [0.25, 0.3) is 5.91 Å². The van der Waals surface area contributed by atoms with Crippen LogP contribution in [-0.4, -0.2) is 51.7 Å². The van der Waals surface area contributed by atoms with Gasteiger partial charge in [0.2, 0.25) is 0 Å². The summed E-state index contributed by atoms with van der Waals surface area (Å²) in [7, 11) is 0. The molecule has 1 aliphatic carbocycles. The van der Waals surface area contributed by atoms with Crippen LogP contribution in [0, 0.1) is 17.6 Å². The number of hydrogen-bond acceptors (Lipinski definition) is 6. The standard InChI is InChI=1S/C30H28Cl2F5N3O4S/c1-3-44-29(43)17-4-6-20(7-5-17)40-27(30(35,36)37)22(13-38-40)28(42)39(14-16-8-18(33)10-19(34)9-16)15-25(41)26-23(31)11-21(45-2)12-24(26)32/h8-13,17,20H,3-7,14-15H2,1-2H3/t17-,20-. The Morgan fingerprint density at radius 1 is 1.02 bits per heavy atom. The van der Waals surface area contributed by atoms with Crippen molar-refractivity contribution in [2.24, 2.45) is 5.92 Å². The van der Waals surface area contributed by atoms with E-state index in [1.165, 1.54) is 23.9 Å². The van der Waals surface area contributed by atoms with Gasteiger partial charge in [0.1, 0.15) is 11.6 Å². The lowest BCUT2D eigenvalue weighted by Gasteiger charge is -2.29. The number of benzene rings is 2. The van der Waals surface area contributed by atoms with Crippen LogP contribution < -0.4 is 0 Å². The van der Waals surface area contributed by atoms with E-state index in [0.29, 0.717) is 11.0 Å². The number of thioether (sulfide) groups is 1. The van der Waals surface area contributed by atoms with Gasteiger partial charge >= 0.3 is 12.1 Å². The van der Waals surface area contributed by atoms with Crippen molar-refractivity contribution in [2.45, 2.75) is 56.3 Å². The first-order chi connectivity index (χ1) is 21.2. The number of halogens is 7. The van der Waals surface area contributed by atoms with Gasteiger partial charge in [-0.25, -0.2) is 8.78 Å². The molecule has 3 aromatic rings. The molecule has 1 saturated carbocycles. The van der Waals surface area contributed by atoms with Crippen molar-refractivity contribution in [1.82, 2.24) is 14.7 Å². The molecule has 0 saturated heterocycles. The molecule has 15 heteroatoms. The number of amides is 1. The molecule has 2 aromatic carbocycles. The highest BCUT2D eigenvalue weighted by molar-refractivity contribution is 7.98. The predicted octanol–water partition coefficient (Wildman–Crippen LogP) is 8.03. The smallest absolute Gasteiger partial charge is 0.433 e. The van der Waals surface area contributed by atoms with Gasteiger partial charge in [-0.3, -0.25) is 19.1 Å². The summed E-state index contributed by atoms with van der Waals surface area (Å²) in [5.41, 5.74) is -2.46. The van der Waals surface area contributed by atoms with Crippen molar-refractivity contribution in [3.63, 3.8) is 0 Å². The molecule has 242 valence electrons. The highest BCUT2D eigenvalue weighted by Crippen LogP contribution is 2.39. The average molecular weight is 693 g/mol. The van der Waals surface area contributed by atoms with E-state index in [-0.39, 0.29) is 53.5 Å². The highest BCUT2D eigenvalue weighted by atomic mass is 35.5. The minimum Gasteiger partial charge on any atom is -0.466 e. The Balaban J connectivity index is 1.70. The predicted molar refractivity (Wildman–Crippen MR) is 159 cm³/mol. The van der Waals surface area contributed by atoms with Gasteiger partial charge in [0, 0.05) is 17.5 Å². The van der Waals surface area contributed by atoms with Gasteiger partial charge in [0.05, 0.1) is 52.5 Å². The third-order valence-corrected chi connectivity index (χ3v) is 8.71. The number of ether oxygens (including phenoxy) is 1. The SMILES string of the molecule is CCOC(=O)[C@H]1CC[C@H](n2ncc(C(=O)N(CC(=O)c3c(Cl)cc(SC)cc3Cl)Cc3cc(F)cc(F)c3)c2C(F)(F)F)CC1. The van der Waals surface area contributed by atoms with Crippen LogP contribution in [0.2, 0.25) is 10.0 Å². The zero-order chi connectivity index (χ0) is 33.1. The maximum absolute atomic E-state index is 14.6. The van der Waals surface area contributed by atoms with Crippen LogP contribution in [0.4, 0.5) is 22.0 Å². The van der Waals surface area contributed by atoms with Crippen molar-refractivity contribution >= 4 is 52.6 Å². The van der Waals surface area contributed by atoms with Crippen LogP contribution in [0.25, 0.3) is 0 Å². The van der Waals surface area contributed by atoms with Crippen LogP contribution in [-0.2, 0) is 22.3 Å². The molecule has 7 nitrogen and oxygen atoms in total. The van der Waals surface area contributed by atoms with Gasteiger partial charge in [-0.05, 0) is 68.7 Å². The van der Waals surface area contributed by atoms with Crippen molar-refractivity contribution < 1.29 is 41.1 Å². The summed E-state index contributed by atoms with van der Waals surface area (Å²) in [6.45, 7) is 0.407. The van der Waals surface area contributed by atoms with Crippen LogP contribution in [0.1, 0.15) is 70.6 Å². The summed E-state index contributed by atoms with van der Waals surface area (Å²) in [4.78, 5) is 40.8. The largest absolute Gasteiger partial charge is 0.466 e. The second kappa shape index (κ2) is 14.5. The molecule has 0 atom stereocenters. The number of aromatic nitrogens is 2. The summed E-state index contributed by atoms with van der Waals surface area (Å²) in [5, 5.41) is 3.84. The van der Waals surface area contributed by atoms with E-state index >= 15 is 0 Å². The van der Waals surface area contributed by atoms with Crippen molar-refractivity contribution in [1.29, 1.82) is 0 Å². The summed E-state index contributed by atoms with van der Waals surface area (Å²) in [5.74, 6) is -4.89. The summed E-state index contributed by atoms with van der Waals surface area (Å²) in [6, 6.07) is 4.57. The molecule has 0 radical (unpaired) electrons. The van der Waals surface area contributed by atoms with Gasteiger partial charge in [0.15, 0.2) is 11.5 Å². The van der Waals surface area contributed by atoms with E-state index in [9.17, 15) is 36.3 Å². The van der Waals surface area contributed by atoms with Gasteiger partial charge in [-0.1, -0.05) is 23.2 Å². The molecule has 1 heterocycles. The van der Waals surface area contributed by atoms with Crippen molar-refractivity contribution in [3.05, 3.63) is 80.6 Å². The van der Waals surface area contributed by atoms with E-state index in [0.717, 1.165) is 27.9 Å². The minimum absolute atomic E-state index is 0.0386. The van der Waals surface area contributed by atoms with E-state index in [4.69, 9.17) is 27.9 Å². The second-order valence-electron chi connectivity index (χ2n) is 10.4. The Hall–Kier alpha value is -3.16. The monoisotopic (exact) mass is 691 g/mol. The van der Waals surface area contributed by atoms with Gasteiger partial charge < -0.3 is 9.64 Å². The van der Waals surface area contributed by atoms with Crippen LogP contribution in [0.5, 0.6) is 0 Å². The molecule has 1 aliphatic rings. The molecule has 0 aliphatic heterocycles. The topological polar surface area (TPSA) is 81.5 Å². The third-order valence-electron chi connectivity index (χ3n) is 7.40. The number of rotatable bonds is 10. The number of carbonyl (C=O) groups is 3. The molecule has 1 aromatic heterocycles. The number of ketones is 1. The Morgan fingerprint density at radius 2 is 1.62 bits per heavy atom. The van der Waals surface area contributed by atoms with Crippen LogP contribution in [0.3, 0.4) is 0 Å². The lowest BCUT2D eigenvalue weighted by atomic mass is 9.86. The lowest BCUT2D eigenvalue weighted by Crippen LogP contribution is -2.37. The van der Waals surface area contributed by atoms with Crippen molar-refractivity contribution in [2.75, 3.05) is 19.4 Å². The minimum atomic E-state index is -5.04. The number of carbonyl (C=O) groups excluding carboxylic acids is 3. The third kappa shape index (κ3) is 8.17. The number of hydrogen-bond donors (Lipinski definition) is 0. The molecule has 0 bridgehead atoms. The Bertz CT molecular complexity index is 1550. The van der Waals surface area contributed by atoms with Crippen LogP contribution in [0.15, 0.2) is 41.4 Å². The van der Waals surface area contributed by atoms with Gasteiger partial charge in [-0.2, -0.15) is 18.3 Å². The highest BCUT2D eigenvalue weighted by Gasteiger charge is 2.43. The molecular formula is C30H28Cl2F5N3O4S. The average Bonchev–Trinajstić information content (AvgIpc) is 3.42. The number of nitrogens with zero attached hydrogens (tertiary/aromatic N) is 3. The normalized spacial score (nSPS) is 16.8. The first kappa shape index (κ1) is 34.7. The van der Waals surface area contributed by atoms with Crippen LogP contribution >= 0.6 is 35.0 Å². The molecule has 1 amide bonds. The summed E-state index contributed by atoms with van der Waals surface area (Å²) < 4.78 is 77.5. The zero-order valence-corrected chi connectivity index (χ0v) is 26.4. The zero-order valence-electron chi connectivity index (χ0n) is 24.1. The Labute approximate surface area is 270 Å². The Kier molecular flexibility index (Phi) is 11.2. The first-order valence-electron chi connectivity index (χ1n) is 13.8. The molecular weight excluding hydrogens is 664 g/mol. The van der Waals surface area contributed by atoms with E-state index in [2.05, 4.69) is 5.10 Å². The molecule has 0 spiro atoms. The fraction of sp³-hybridized carbons (Fsp3) is 0.400. The van der Waals surface area contributed by atoms with E-state index in [1.807, 2.05) is 0 Å². The number of Topliss-reactive ketones (excluding diaryl/α,β-unsaturated/α-hetero) is 1. The molecule has 0 unspecified atom stereocenters. The molecule has 0 N–H and O–H groups in total. The number of alkyl halides is 3. The summed E-state index contributed by atoms with van der Waals surface area (Å²) in [6.07, 6.45) is -1.63. The fourth-order valence-corrected chi connectivity index (χ4v) is 6.67. The maximum atomic E-state index is 14.6. The van der Waals surface area contributed by atoms with Gasteiger partial charge in [-0.15, -0.1) is 11.8 Å². The lowest BCUT2D eigenvalue weighted by molar-refractivity contribution is -0.151. The second-order valence-corrected chi connectivity index (χ2v) is 12.1.